The number of anilines is 2. The quantitative estimate of drug-likeness (QED) is 0.702. The maximum atomic E-state index is 13.1. The summed E-state index contributed by atoms with van der Waals surface area (Å²) in [6.45, 7) is 5.02. The number of benzene rings is 2. The molecule has 1 aromatic heterocycles. The summed E-state index contributed by atoms with van der Waals surface area (Å²) >= 11 is 0. The normalized spacial score (nSPS) is 16.9. The van der Waals surface area contributed by atoms with E-state index in [4.69, 9.17) is 0 Å². The molecule has 0 radical (unpaired) electrons. The van der Waals surface area contributed by atoms with Gasteiger partial charge >= 0.3 is 0 Å². The number of aryl methyl sites for hydroxylation is 1. The van der Waals surface area contributed by atoms with Crippen LogP contribution in [-0.4, -0.2) is 33.4 Å². The second-order valence-electron chi connectivity index (χ2n) is 7.43. The molecule has 1 saturated heterocycles. The lowest BCUT2D eigenvalue weighted by atomic mass is 10.0. The lowest BCUT2D eigenvalue weighted by Crippen LogP contribution is -2.42. The lowest BCUT2D eigenvalue weighted by molar-refractivity contribution is 0.0623. The standard InChI is InChI=1S/C23H26N4O/c1-3-17-11-13-18(14-12-17)24-21-19-9-4-5-10-20(19)25-22(26-21)23(28)27-15-7-6-8-16(27)2/h4-5,9-14,16H,3,6-8,15H2,1-2H3,(H,24,25,26). The van der Waals surface area contributed by atoms with E-state index in [0.717, 1.165) is 42.4 Å². The molecule has 1 aliphatic heterocycles. The smallest absolute Gasteiger partial charge is 0.291 e. The van der Waals surface area contributed by atoms with Gasteiger partial charge in [-0.1, -0.05) is 31.2 Å². The molecule has 1 N–H and O–H groups in total. The van der Waals surface area contributed by atoms with Crippen LogP contribution in [0.4, 0.5) is 11.5 Å². The number of carbonyl (C=O) groups is 1. The fourth-order valence-electron chi connectivity index (χ4n) is 3.76. The highest BCUT2D eigenvalue weighted by molar-refractivity contribution is 5.97. The molecule has 0 saturated carbocycles. The van der Waals surface area contributed by atoms with E-state index >= 15 is 0 Å². The van der Waals surface area contributed by atoms with Gasteiger partial charge in [0.05, 0.1) is 5.52 Å². The largest absolute Gasteiger partial charge is 0.340 e. The van der Waals surface area contributed by atoms with E-state index in [9.17, 15) is 4.79 Å². The number of nitrogens with one attached hydrogen (secondary N) is 1. The Morgan fingerprint density at radius 1 is 1.11 bits per heavy atom. The molecule has 2 aromatic carbocycles. The zero-order valence-electron chi connectivity index (χ0n) is 16.5. The molecule has 144 valence electrons. The van der Waals surface area contributed by atoms with Crippen molar-refractivity contribution in [1.82, 2.24) is 14.9 Å². The van der Waals surface area contributed by atoms with Crippen molar-refractivity contribution in [2.75, 3.05) is 11.9 Å². The van der Waals surface area contributed by atoms with E-state index in [1.54, 1.807) is 0 Å². The van der Waals surface area contributed by atoms with Crippen LogP contribution in [0.3, 0.4) is 0 Å². The molecule has 1 atom stereocenters. The highest BCUT2D eigenvalue weighted by atomic mass is 16.2. The number of hydrogen-bond acceptors (Lipinski definition) is 4. The highest BCUT2D eigenvalue weighted by Crippen LogP contribution is 2.25. The summed E-state index contributed by atoms with van der Waals surface area (Å²) in [4.78, 5) is 24.2. The Morgan fingerprint density at radius 3 is 2.64 bits per heavy atom. The third-order valence-corrected chi connectivity index (χ3v) is 5.48. The van der Waals surface area contributed by atoms with Crippen LogP contribution in [-0.2, 0) is 6.42 Å². The first kappa shape index (κ1) is 18.4. The van der Waals surface area contributed by atoms with E-state index in [1.807, 2.05) is 41.3 Å². The van der Waals surface area contributed by atoms with Crippen molar-refractivity contribution in [2.24, 2.45) is 0 Å². The molecule has 2 heterocycles. The molecule has 1 fully saturated rings. The molecule has 1 amide bonds. The zero-order chi connectivity index (χ0) is 19.5. The fourth-order valence-corrected chi connectivity index (χ4v) is 3.76. The Bertz CT molecular complexity index is 984. The molecule has 4 rings (SSSR count). The minimum atomic E-state index is -0.0812. The van der Waals surface area contributed by atoms with Crippen molar-refractivity contribution in [1.29, 1.82) is 0 Å². The van der Waals surface area contributed by atoms with Gasteiger partial charge in [-0.2, -0.15) is 0 Å². The first-order valence-electron chi connectivity index (χ1n) is 10.1. The van der Waals surface area contributed by atoms with E-state index in [0.29, 0.717) is 5.82 Å². The Morgan fingerprint density at radius 2 is 1.89 bits per heavy atom. The zero-order valence-corrected chi connectivity index (χ0v) is 16.5. The summed E-state index contributed by atoms with van der Waals surface area (Å²) in [7, 11) is 0. The van der Waals surface area contributed by atoms with Crippen LogP contribution in [0.1, 0.15) is 49.3 Å². The van der Waals surface area contributed by atoms with Gasteiger partial charge in [0.2, 0.25) is 5.82 Å². The van der Waals surface area contributed by atoms with E-state index < -0.39 is 0 Å². The Balaban J connectivity index is 1.71. The van der Waals surface area contributed by atoms with Gasteiger partial charge in [0.25, 0.3) is 5.91 Å². The summed E-state index contributed by atoms with van der Waals surface area (Å²) in [6.07, 6.45) is 4.25. The maximum Gasteiger partial charge on any atom is 0.291 e. The predicted octanol–water partition coefficient (Wildman–Crippen LogP) is 4.95. The van der Waals surface area contributed by atoms with Gasteiger partial charge in [-0.25, -0.2) is 9.97 Å². The van der Waals surface area contributed by atoms with Crippen molar-refractivity contribution in [3.63, 3.8) is 0 Å². The van der Waals surface area contributed by atoms with Crippen LogP contribution in [0.2, 0.25) is 0 Å². The number of hydrogen-bond donors (Lipinski definition) is 1. The topological polar surface area (TPSA) is 58.1 Å². The van der Waals surface area contributed by atoms with Gasteiger partial charge in [-0.15, -0.1) is 0 Å². The molecule has 5 heteroatoms. The average Bonchev–Trinajstić information content (AvgIpc) is 2.74. The summed E-state index contributed by atoms with van der Waals surface area (Å²) < 4.78 is 0. The molecule has 5 nitrogen and oxygen atoms in total. The monoisotopic (exact) mass is 374 g/mol. The summed E-state index contributed by atoms with van der Waals surface area (Å²) in [5.74, 6) is 0.852. The number of aromatic nitrogens is 2. The van der Waals surface area contributed by atoms with Gasteiger partial charge in [0.1, 0.15) is 5.82 Å². The average molecular weight is 374 g/mol. The van der Waals surface area contributed by atoms with E-state index in [2.05, 4.69) is 41.3 Å². The molecule has 1 aliphatic rings. The molecule has 28 heavy (non-hydrogen) atoms. The Kier molecular flexibility index (Phi) is 5.24. The highest BCUT2D eigenvalue weighted by Gasteiger charge is 2.26. The molecular formula is C23H26N4O. The van der Waals surface area contributed by atoms with E-state index in [-0.39, 0.29) is 17.8 Å². The van der Waals surface area contributed by atoms with Gasteiger partial charge in [-0.3, -0.25) is 4.79 Å². The predicted molar refractivity (Wildman–Crippen MR) is 113 cm³/mol. The number of carbonyl (C=O) groups excluding carboxylic acids is 1. The molecule has 0 spiro atoms. The second-order valence-corrected chi connectivity index (χ2v) is 7.43. The van der Waals surface area contributed by atoms with Gasteiger partial charge in [-0.05, 0) is 62.4 Å². The summed E-state index contributed by atoms with van der Waals surface area (Å²) in [6, 6.07) is 16.3. The number of likely N-dealkylation sites (tertiary alicyclic amines) is 1. The number of fused-ring (bicyclic) bond motifs is 1. The third kappa shape index (κ3) is 3.70. The number of piperidine rings is 1. The van der Waals surface area contributed by atoms with Crippen molar-refractivity contribution in [3.8, 4) is 0 Å². The second kappa shape index (κ2) is 7.97. The van der Waals surface area contributed by atoms with Crippen molar-refractivity contribution in [2.45, 2.75) is 45.6 Å². The van der Waals surface area contributed by atoms with Crippen LogP contribution in [0.5, 0.6) is 0 Å². The number of amides is 1. The Labute approximate surface area is 165 Å². The minimum Gasteiger partial charge on any atom is -0.340 e. The Hall–Kier alpha value is -2.95. The minimum absolute atomic E-state index is 0.0812. The third-order valence-electron chi connectivity index (χ3n) is 5.48. The first-order chi connectivity index (χ1) is 13.7. The maximum absolute atomic E-state index is 13.1. The van der Waals surface area contributed by atoms with Crippen molar-refractivity contribution >= 4 is 28.3 Å². The van der Waals surface area contributed by atoms with Crippen LogP contribution in [0, 0.1) is 0 Å². The summed E-state index contributed by atoms with van der Waals surface area (Å²) in [5.41, 5.74) is 3.01. The van der Waals surface area contributed by atoms with Gasteiger partial charge in [0, 0.05) is 23.7 Å². The van der Waals surface area contributed by atoms with Crippen molar-refractivity contribution in [3.05, 3.63) is 59.9 Å². The number of rotatable bonds is 4. The van der Waals surface area contributed by atoms with Crippen LogP contribution < -0.4 is 5.32 Å². The van der Waals surface area contributed by atoms with E-state index in [1.165, 1.54) is 12.0 Å². The van der Waals surface area contributed by atoms with Crippen molar-refractivity contribution < 1.29 is 4.79 Å². The molecule has 0 aliphatic carbocycles. The molecule has 3 aromatic rings. The fraction of sp³-hybridized carbons (Fsp3) is 0.348. The number of nitrogens with zero attached hydrogens (tertiary/aromatic N) is 3. The summed E-state index contributed by atoms with van der Waals surface area (Å²) in [5, 5.41) is 4.29. The molecular weight excluding hydrogens is 348 g/mol. The van der Waals surface area contributed by atoms with Crippen LogP contribution in [0.25, 0.3) is 10.9 Å². The molecule has 0 bridgehead atoms. The van der Waals surface area contributed by atoms with Gasteiger partial charge in [0.15, 0.2) is 0 Å². The lowest BCUT2D eigenvalue weighted by Gasteiger charge is -2.32. The van der Waals surface area contributed by atoms with Crippen LogP contribution >= 0.6 is 0 Å². The van der Waals surface area contributed by atoms with Crippen LogP contribution in [0.15, 0.2) is 48.5 Å². The first-order valence-corrected chi connectivity index (χ1v) is 10.1. The molecule has 1 unspecified atom stereocenters. The van der Waals surface area contributed by atoms with Gasteiger partial charge < -0.3 is 10.2 Å². The number of para-hydroxylation sites is 1. The SMILES string of the molecule is CCc1ccc(Nc2nc(C(=O)N3CCCCC3C)nc3ccccc23)cc1.